The first-order chi connectivity index (χ1) is 8.20. The summed E-state index contributed by atoms with van der Waals surface area (Å²) < 4.78 is 0. The summed E-state index contributed by atoms with van der Waals surface area (Å²) in [6.45, 7) is 9.21. The van der Waals surface area contributed by atoms with Gasteiger partial charge in [0.05, 0.1) is 0 Å². The summed E-state index contributed by atoms with van der Waals surface area (Å²) in [5.41, 5.74) is 6.78. The third kappa shape index (κ3) is 2.96. The summed E-state index contributed by atoms with van der Waals surface area (Å²) in [5.74, 6) is 1.10. The summed E-state index contributed by atoms with van der Waals surface area (Å²) in [6, 6.07) is 6.69. The molecule has 4 heteroatoms. The van der Waals surface area contributed by atoms with Crippen LogP contribution in [0.3, 0.4) is 0 Å². The van der Waals surface area contributed by atoms with Crippen LogP contribution < -0.4 is 10.6 Å². The first kappa shape index (κ1) is 12.3. The molecule has 4 nitrogen and oxygen atoms in total. The van der Waals surface area contributed by atoms with Gasteiger partial charge in [-0.3, -0.25) is 4.90 Å². The van der Waals surface area contributed by atoms with Crippen molar-refractivity contribution in [1.29, 1.82) is 0 Å². The molecule has 2 rings (SSSR count). The second kappa shape index (κ2) is 5.47. The molecule has 1 aromatic rings. The molecular weight excluding hydrogens is 212 g/mol. The Morgan fingerprint density at radius 3 is 2.59 bits per heavy atom. The highest BCUT2D eigenvalue weighted by molar-refractivity contribution is 5.39. The second-order valence-corrected chi connectivity index (χ2v) is 4.74. The molecule has 1 aromatic heterocycles. The molecule has 0 aliphatic carbocycles. The summed E-state index contributed by atoms with van der Waals surface area (Å²) in [4.78, 5) is 9.37. The van der Waals surface area contributed by atoms with E-state index in [0.717, 1.165) is 44.2 Å². The molecule has 0 saturated carbocycles. The molecule has 2 N–H and O–H groups in total. The SMILES string of the molecule is Cc1cccc(N2CCN(C(C)CN)CC2)n1. The van der Waals surface area contributed by atoms with Crippen LogP contribution in [-0.4, -0.2) is 48.6 Å². The Hall–Kier alpha value is -1.13. The number of rotatable bonds is 3. The van der Waals surface area contributed by atoms with Crippen LogP contribution in [0.4, 0.5) is 5.82 Å². The van der Waals surface area contributed by atoms with Crippen molar-refractivity contribution in [3.8, 4) is 0 Å². The van der Waals surface area contributed by atoms with Crippen molar-refractivity contribution in [1.82, 2.24) is 9.88 Å². The number of nitrogens with two attached hydrogens (primary N) is 1. The van der Waals surface area contributed by atoms with Gasteiger partial charge in [-0.25, -0.2) is 4.98 Å². The summed E-state index contributed by atoms with van der Waals surface area (Å²) in [7, 11) is 0. The first-order valence-electron chi connectivity index (χ1n) is 6.33. The van der Waals surface area contributed by atoms with Gasteiger partial charge in [0, 0.05) is 44.5 Å². The fourth-order valence-corrected chi connectivity index (χ4v) is 2.25. The first-order valence-corrected chi connectivity index (χ1v) is 6.33. The highest BCUT2D eigenvalue weighted by Crippen LogP contribution is 2.14. The van der Waals surface area contributed by atoms with Gasteiger partial charge >= 0.3 is 0 Å². The van der Waals surface area contributed by atoms with Crippen molar-refractivity contribution in [2.45, 2.75) is 19.9 Å². The fraction of sp³-hybridized carbons (Fsp3) is 0.615. The fourth-order valence-electron chi connectivity index (χ4n) is 2.25. The highest BCUT2D eigenvalue weighted by atomic mass is 15.3. The lowest BCUT2D eigenvalue weighted by Gasteiger charge is -2.38. The van der Waals surface area contributed by atoms with Crippen LogP contribution in [0.15, 0.2) is 18.2 Å². The molecule has 1 atom stereocenters. The zero-order valence-corrected chi connectivity index (χ0v) is 10.8. The van der Waals surface area contributed by atoms with Gasteiger partial charge in [0.25, 0.3) is 0 Å². The molecule has 0 aromatic carbocycles. The lowest BCUT2D eigenvalue weighted by Crippen LogP contribution is -2.51. The maximum absolute atomic E-state index is 5.70. The predicted molar refractivity (Wildman–Crippen MR) is 71.3 cm³/mol. The van der Waals surface area contributed by atoms with Crippen LogP contribution in [0, 0.1) is 6.92 Å². The third-order valence-corrected chi connectivity index (χ3v) is 3.48. The molecule has 0 radical (unpaired) electrons. The largest absolute Gasteiger partial charge is 0.354 e. The maximum Gasteiger partial charge on any atom is 0.128 e. The smallest absolute Gasteiger partial charge is 0.128 e. The van der Waals surface area contributed by atoms with E-state index in [1.165, 1.54) is 0 Å². The number of hydrogen-bond acceptors (Lipinski definition) is 4. The van der Waals surface area contributed by atoms with Crippen LogP contribution in [0.25, 0.3) is 0 Å². The van der Waals surface area contributed by atoms with E-state index in [9.17, 15) is 0 Å². The van der Waals surface area contributed by atoms with E-state index >= 15 is 0 Å². The normalized spacial score (nSPS) is 19.4. The summed E-state index contributed by atoms with van der Waals surface area (Å²) in [5, 5.41) is 0. The number of piperazine rings is 1. The van der Waals surface area contributed by atoms with E-state index in [0.29, 0.717) is 6.04 Å². The molecule has 1 saturated heterocycles. The topological polar surface area (TPSA) is 45.4 Å². The van der Waals surface area contributed by atoms with Gasteiger partial charge in [0.2, 0.25) is 0 Å². The van der Waals surface area contributed by atoms with Crippen molar-refractivity contribution in [2.75, 3.05) is 37.6 Å². The van der Waals surface area contributed by atoms with E-state index < -0.39 is 0 Å². The molecule has 0 bridgehead atoms. The Kier molecular flexibility index (Phi) is 3.97. The minimum atomic E-state index is 0.489. The van der Waals surface area contributed by atoms with E-state index in [4.69, 9.17) is 5.73 Å². The van der Waals surface area contributed by atoms with Crippen molar-refractivity contribution in [3.05, 3.63) is 23.9 Å². The van der Waals surface area contributed by atoms with Crippen LogP contribution in [0.2, 0.25) is 0 Å². The van der Waals surface area contributed by atoms with Crippen molar-refractivity contribution >= 4 is 5.82 Å². The number of hydrogen-bond donors (Lipinski definition) is 1. The molecule has 17 heavy (non-hydrogen) atoms. The molecule has 0 spiro atoms. The van der Waals surface area contributed by atoms with E-state index in [1.54, 1.807) is 0 Å². The quantitative estimate of drug-likeness (QED) is 0.842. The minimum absolute atomic E-state index is 0.489. The average molecular weight is 234 g/mol. The van der Waals surface area contributed by atoms with Gasteiger partial charge in [0.15, 0.2) is 0 Å². The Labute approximate surface area is 103 Å². The number of nitrogens with zero attached hydrogens (tertiary/aromatic N) is 3. The van der Waals surface area contributed by atoms with Gasteiger partial charge in [0.1, 0.15) is 5.82 Å². The maximum atomic E-state index is 5.70. The van der Waals surface area contributed by atoms with Gasteiger partial charge < -0.3 is 10.6 Å². The molecule has 1 unspecified atom stereocenters. The molecule has 1 aliphatic rings. The average Bonchev–Trinajstić information content (AvgIpc) is 2.38. The summed E-state index contributed by atoms with van der Waals surface area (Å²) in [6.07, 6.45) is 0. The van der Waals surface area contributed by atoms with Crippen LogP contribution in [-0.2, 0) is 0 Å². The molecule has 2 heterocycles. The van der Waals surface area contributed by atoms with Gasteiger partial charge in [-0.15, -0.1) is 0 Å². The third-order valence-electron chi connectivity index (χ3n) is 3.48. The van der Waals surface area contributed by atoms with E-state index in [2.05, 4.69) is 33.8 Å². The Bertz CT molecular complexity index is 358. The standard InChI is InChI=1S/C13H22N4/c1-11-4-3-5-13(15-11)17-8-6-16(7-9-17)12(2)10-14/h3-5,12H,6-10,14H2,1-2H3. The highest BCUT2D eigenvalue weighted by Gasteiger charge is 2.20. The second-order valence-electron chi connectivity index (χ2n) is 4.74. The van der Waals surface area contributed by atoms with Crippen LogP contribution >= 0.6 is 0 Å². The molecule has 94 valence electrons. The van der Waals surface area contributed by atoms with Gasteiger partial charge in [-0.1, -0.05) is 6.07 Å². The molecular formula is C13H22N4. The Morgan fingerprint density at radius 2 is 2.00 bits per heavy atom. The van der Waals surface area contributed by atoms with Crippen molar-refractivity contribution < 1.29 is 0 Å². The number of pyridine rings is 1. The van der Waals surface area contributed by atoms with Crippen LogP contribution in [0.5, 0.6) is 0 Å². The molecule has 1 fully saturated rings. The minimum Gasteiger partial charge on any atom is -0.354 e. The van der Waals surface area contributed by atoms with Gasteiger partial charge in [-0.2, -0.15) is 0 Å². The lowest BCUT2D eigenvalue weighted by atomic mass is 10.2. The lowest BCUT2D eigenvalue weighted by molar-refractivity contribution is 0.201. The predicted octanol–water partition coefficient (Wildman–Crippen LogP) is 0.859. The van der Waals surface area contributed by atoms with Crippen molar-refractivity contribution in [2.24, 2.45) is 5.73 Å². The van der Waals surface area contributed by atoms with Crippen molar-refractivity contribution in [3.63, 3.8) is 0 Å². The Balaban J connectivity index is 1.95. The Morgan fingerprint density at radius 1 is 1.29 bits per heavy atom. The molecule has 1 aliphatic heterocycles. The van der Waals surface area contributed by atoms with E-state index in [1.807, 2.05) is 13.0 Å². The number of aryl methyl sites for hydroxylation is 1. The summed E-state index contributed by atoms with van der Waals surface area (Å²) >= 11 is 0. The molecule has 0 amide bonds. The number of anilines is 1. The zero-order valence-electron chi connectivity index (χ0n) is 10.8. The number of aromatic nitrogens is 1. The van der Waals surface area contributed by atoms with Gasteiger partial charge in [-0.05, 0) is 26.0 Å². The van der Waals surface area contributed by atoms with E-state index in [-0.39, 0.29) is 0 Å². The monoisotopic (exact) mass is 234 g/mol. The zero-order chi connectivity index (χ0) is 12.3. The van der Waals surface area contributed by atoms with Crippen LogP contribution in [0.1, 0.15) is 12.6 Å².